The van der Waals surface area contributed by atoms with Gasteiger partial charge in [-0.3, -0.25) is 4.79 Å². The first-order valence-electron chi connectivity index (χ1n) is 5.96. The van der Waals surface area contributed by atoms with Crippen molar-refractivity contribution in [3.63, 3.8) is 0 Å². The standard InChI is InChI=1S/C13H19FN2O2/c1-3-16(8-4-7-15)13(17)10-5-6-11(14)12(9-10)18-2/h5-6,9H,3-4,7-8,15H2,1-2H3. The molecule has 18 heavy (non-hydrogen) atoms. The fourth-order valence-electron chi connectivity index (χ4n) is 1.66. The third-order valence-electron chi connectivity index (χ3n) is 2.70. The number of carbonyl (C=O) groups is 1. The number of hydrogen-bond donors (Lipinski definition) is 1. The molecule has 0 heterocycles. The molecule has 0 saturated heterocycles. The van der Waals surface area contributed by atoms with Crippen molar-refractivity contribution in [2.75, 3.05) is 26.7 Å². The van der Waals surface area contributed by atoms with Crippen molar-refractivity contribution in [3.8, 4) is 5.75 Å². The molecule has 0 aliphatic heterocycles. The first-order chi connectivity index (χ1) is 8.63. The molecule has 0 radical (unpaired) electrons. The highest BCUT2D eigenvalue weighted by Gasteiger charge is 2.15. The zero-order chi connectivity index (χ0) is 13.5. The van der Waals surface area contributed by atoms with Gasteiger partial charge in [-0.2, -0.15) is 0 Å². The molecule has 2 N–H and O–H groups in total. The van der Waals surface area contributed by atoms with Gasteiger partial charge in [0.2, 0.25) is 0 Å². The number of rotatable bonds is 6. The highest BCUT2D eigenvalue weighted by Crippen LogP contribution is 2.19. The van der Waals surface area contributed by atoms with E-state index in [2.05, 4.69) is 0 Å². The van der Waals surface area contributed by atoms with Crippen LogP contribution in [0.3, 0.4) is 0 Å². The summed E-state index contributed by atoms with van der Waals surface area (Å²) in [6.45, 7) is 3.63. The fourth-order valence-corrected chi connectivity index (χ4v) is 1.66. The molecule has 0 unspecified atom stereocenters. The Labute approximate surface area is 107 Å². The summed E-state index contributed by atoms with van der Waals surface area (Å²) in [7, 11) is 1.37. The predicted octanol–water partition coefficient (Wildman–Crippen LogP) is 1.65. The first-order valence-corrected chi connectivity index (χ1v) is 5.96. The fraction of sp³-hybridized carbons (Fsp3) is 0.462. The molecule has 0 aromatic heterocycles. The van der Waals surface area contributed by atoms with Crippen LogP contribution in [0.15, 0.2) is 18.2 Å². The van der Waals surface area contributed by atoms with Crippen LogP contribution in [0.2, 0.25) is 0 Å². The average molecular weight is 254 g/mol. The monoisotopic (exact) mass is 254 g/mol. The molecule has 1 amide bonds. The largest absolute Gasteiger partial charge is 0.494 e. The lowest BCUT2D eigenvalue weighted by molar-refractivity contribution is 0.0763. The normalized spacial score (nSPS) is 10.2. The quantitative estimate of drug-likeness (QED) is 0.839. The molecule has 1 rings (SSSR count). The van der Waals surface area contributed by atoms with Gasteiger partial charge in [0.05, 0.1) is 7.11 Å². The van der Waals surface area contributed by atoms with Crippen LogP contribution in [-0.4, -0.2) is 37.6 Å². The van der Waals surface area contributed by atoms with Crippen molar-refractivity contribution < 1.29 is 13.9 Å². The van der Waals surface area contributed by atoms with E-state index < -0.39 is 5.82 Å². The number of nitrogens with zero attached hydrogens (tertiary/aromatic N) is 1. The Bertz CT molecular complexity index is 410. The molecule has 1 aromatic rings. The second kappa shape index (κ2) is 6.96. The van der Waals surface area contributed by atoms with Gasteiger partial charge in [0, 0.05) is 18.7 Å². The second-order valence-electron chi connectivity index (χ2n) is 3.88. The van der Waals surface area contributed by atoms with E-state index >= 15 is 0 Å². The molecule has 1 aromatic carbocycles. The van der Waals surface area contributed by atoms with E-state index in [1.54, 1.807) is 4.90 Å². The number of carbonyl (C=O) groups excluding carboxylic acids is 1. The zero-order valence-corrected chi connectivity index (χ0v) is 10.8. The van der Waals surface area contributed by atoms with Crippen LogP contribution < -0.4 is 10.5 Å². The number of methoxy groups -OCH3 is 1. The van der Waals surface area contributed by atoms with Crippen molar-refractivity contribution in [1.29, 1.82) is 0 Å². The molecule has 0 fully saturated rings. The lowest BCUT2D eigenvalue weighted by Crippen LogP contribution is -2.32. The minimum absolute atomic E-state index is 0.0794. The van der Waals surface area contributed by atoms with Crippen LogP contribution >= 0.6 is 0 Å². The van der Waals surface area contributed by atoms with Crippen molar-refractivity contribution in [3.05, 3.63) is 29.6 Å². The molecule has 4 nitrogen and oxygen atoms in total. The van der Waals surface area contributed by atoms with Crippen LogP contribution in [0.1, 0.15) is 23.7 Å². The van der Waals surface area contributed by atoms with E-state index in [0.29, 0.717) is 25.2 Å². The van der Waals surface area contributed by atoms with Gasteiger partial charge in [0.15, 0.2) is 11.6 Å². The summed E-state index contributed by atoms with van der Waals surface area (Å²) in [5.74, 6) is -0.529. The molecule has 100 valence electrons. The molecule has 0 atom stereocenters. The lowest BCUT2D eigenvalue weighted by Gasteiger charge is -2.20. The van der Waals surface area contributed by atoms with Gasteiger partial charge in [-0.25, -0.2) is 4.39 Å². The Morgan fingerprint density at radius 2 is 2.22 bits per heavy atom. The Morgan fingerprint density at radius 3 is 2.78 bits per heavy atom. The number of halogens is 1. The Hall–Kier alpha value is -1.62. The molecule has 0 aliphatic rings. The van der Waals surface area contributed by atoms with E-state index in [9.17, 15) is 9.18 Å². The van der Waals surface area contributed by atoms with Gasteiger partial charge >= 0.3 is 0 Å². The number of hydrogen-bond acceptors (Lipinski definition) is 3. The maximum Gasteiger partial charge on any atom is 0.253 e. The summed E-state index contributed by atoms with van der Waals surface area (Å²) >= 11 is 0. The third kappa shape index (κ3) is 3.43. The highest BCUT2D eigenvalue weighted by molar-refractivity contribution is 5.94. The number of benzene rings is 1. The van der Waals surface area contributed by atoms with E-state index in [-0.39, 0.29) is 11.7 Å². The topological polar surface area (TPSA) is 55.6 Å². The zero-order valence-electron chi connectivity index (χ0n) is 10.8. The average Bonchev–Trinajstić information content (AvgIpc) is 2.40. The second-order valence-corrected chi connectivity index (χ2v) is 3.88. The Morgan fingerprint density at radius 1 is 1.50 bits per heavy atom. The predicted molar refractivity (Wildman–Crippen MR) is 68.2 cm³/mol. The van der Waals surface area contributed by atoms with Crippen LogP contribution in [0, 0.1) is 5.82 Å². The van der Waals surface area contributed by atoms with Crippen LogP contribution in [-0.2, 0) is 0 Å². The summed E-state index contributed by atoms with van der Waals surface area (Å²) in [5, 5.41) is 0. The van der Waals surface area contributed by atoms with E-state index in [4.69, 9.17) is 10.5 Å². The van der Waals surface area contributed by atoms with Gasteiger partial charge in [0.1, 0.15) is 0 Å². The Kier molecular flexibility index (Phi) is 5.58. The summed E-state index contributed by atoms with van der Waals surface area (Å²) < 4.78 is 18.1. The molecule has 0 spiro atoms. The van der Waals surface area contributed by atoms with Crippen LogP contribution in [0.5, 0.6) is 5.75 Å². The highest BCUT2D eigenvalue weighted by atomic mass is 19.1. The van der Waals surface area contributed by atoms with Crippen molar-refractivity contribution >= 4 is 5.91 Å². The number of nitrogens with two attached hydrogens (primary N) is 1. The maximum atomic E-state index is 13.3. The maximum absolute atomic E-state index is 13.3. The molecule has 5 heteroatoms. The van der Waals surface area contributed by atoms with Crippen molar-refractivity contribution in [2.24, 2.45) is 5.73 Å². The van der Waals surface area contributed by atoms with Gasteiger partial charge < -0.3 is 15.4 Å². The van der Waals surface area contributed by atoms with Gasteiger partial charge in [-0.05, 0) is 38.1 Å². The minimum Gasteiger partial charge on any atom is -0.494 e. The molecular weight excluding hydrogens is 235 g/mol. The van der Waals surface area contributed by atoms with Gasteiger partial charge in [-0.15, -0.1) is 0 Å². The smallest absolute Gasteiger partial charge is 0.253 e. The van der Waals surface area contributed by atoms with Gasteiger partial charge in [-0.1, -0.05) is 0 Å². The number of amides is 1. The van der Waals surface area contributed by atoms with Crippen LogP contribution in [0.25, 0.3) is 0 Å². The first kappa shape index (κ1) is 14.4. The third-order valence-corrected chi connectivity index (χ3v) is 2.70. The van der Waals surface area contributed by atoms with E-state index in [0.717, 1.165) is 6.42 Å². The SMILES string of the molecule is CCN(CCCN)C(=O)c1ccc(F)c(OC)c1. The number of ether oxygens (including phenoxy) is 1. The summed E-state index contributed by atoms with van der Waals surface area (Å²) in [5.41, 5.74) is 5.85. The molecule has 0 saturated carbocycles. The lowest BCUT2D eigenvalue weighted by atomic mass is 10.1. The summed E-state index contributed by atoms with van der Waals surface area (Å²) in [4.78, 5) is 13.8. The molecular formula is C13H19FN2O2. The van der Waals surface area contributed by atoms with E-state index in [1.807, 2.05) is 6.92 Å². The van der Waals surface area contributed by atoms with Crippen molar-refractivity contribution in [2.45, 2.75) is 13.3 Å². The summed E-state index contributed by atoms with van der Waals surface area (Å²) in [6.07, 6.45) is 0.748. The van der Waals surface area contributed by atoms with Crippen molar-refractivity contribution in [1.82, 2.24) is 4.90 Å². The van der Waals surface area contributed by atoms with E-state index in [1.165, 1.54) is 25.3 Å². The van der Waals surface area contributed by atoms with Gasteiger partial charge in [0.25, 0.3) is 5.91 Å². The van der Waals surface area contributed by atoms with Crippen LogP contribution in [0.4, 0.5) is 4.39 Å². The molecule has 0 aliphatic carbocycles. The molecule has 0 bridgehead atoms. The summed E-state index contributed by atoms with van der Waals surface area (Å²) in [6, 6.07) is 4.12. The minimum atomic E-state index is -0.473. The Balaban J connectivity index is 2.87.